The summed E-state index contributed by atoms with van der Waals surface area (Å²) in [5, 5.41) is 3.40. The van der Waals surface area contributed by atoms with Crippen LogP contribution in [0.25, 0.3) is 0 Å². The van der Waals surface area contributed by atoms with Gasteiger partial charge in [0.05, 0.1) is 0 Å². The van der Waals surface area contributed by atoms with Gasteiger partial charge >= 0.3 is 0 Å². The lowest BCUT2D eigenvalue weighted by Crippen LogP contribution is -2.33. The molecule has 1 aliphatic carbocycles. The summed E-state index contributed by atoms with van der Waals surface area (Å²) in [5.74, 6) is 2.70. The van der Waals surface area contributed by atoms with Gasteiger partial charge in [0.1, 0.15) is 0 Å². The quantitative estimate of drug-likeness (QED) is 0.835. The summed E-state index contributed by atoms with van der Waals surface area (Å²) in [6, 6.07) is 9.15. The predicted molar refractivity (Wildman–Crippen MR) is 83.4 cm³/mol. The molecule has 1 aliphatic rings. The fourth-order valence-corrected chi connectivity index (χ4v) is 3.60. The first kappa shape index (κ1) is 14.6. The Morgan fingerprint density at radius 2 is 1.84 bits per heavy atom. The van der Waals surface area contributed by atoms with Crippen LogP contribution < -0.4 is 5.32 Å². The third-order valence-electron chi connectivity index (χ3n) is 4.91. The van der Waals surface area contributed by atoms with Crippen LogP contribution in [0.4, 0.5) is 0 Å². The van der Waals surface area contributed by atoms with Crippen LogP contribution in [0.3, 0.4) is 0 Å². The number of aryl methyl sites for hydroxylation is 1. The molecule has 1 nitrogen and oxygen atoms in total. The molecular weight excluding hydrogens is 230 g/mol. The number of nitrogens with one attached hydrogen (secondary N) is 1. The lowest BCUT2D eigenvalue weighted by Gasteiger charge is -2.36. The van der Waals surface area contributed by atoms with Crippen molar-refractivity contribution in [1.82, 2.24) is 5.32 Å². The van der Waals surface area contributed by atoms with E-state index in [4.69, 9.17) is 0 Å². The predicted octanol–water partition coefficient (Wildman–Crippen LogP) is 4.20. The molecule has 1 heteroatoms. The first-order valence-corrected chi connectivity index (χ1v) is 7.93. The largest absolute Gasteiger partial charge is 0.319 e. The van der Waals surface area contributed by atoms with E-state index in [1.165, 1.54) is 49.8 Å². The van der Waals surface area contributed by atoms with E-state index >= 15 is 0 Å². The Morgan fingerprint density at radius 1 is 1.11 bits per heavy atom. The van der Waals surface area contributed by atoms with Crippen molar-refractivity contribution in [3.05, 3.63) is 35.4 Å². The number of benzene rings is 1. The topological polar surface area (TPSA) is 12.0 Å². The van der Waals surface area contributed by atoms with Crippen molar-refractivity contribution in [2.75, 3.05) is 13.6 Å². The smallest absolute Gasteiger partial charge is 0.00208 e. The van der Waals surface area contributed by atoms with E-state index in [2.05, 4.69) is 50.5 Å². The van der Waals surface area contributed by atoms with Gasteiger partial charge < -0.3 is 5.32 Å². The van der Waals surface area contributed by atoms with E-state index in [0.717, 1.165) is 17.8 Å². The van der Waals surface area contributed by atoms with E-state index < -0.39 is 0 Å². The van der Waals surface area contributed by atoms with Crippen molar-refractivity contribution in [2.24, 2.45) is 17.8 Å². The van der Waals surface area contributed by atoms with Gasteiger partial charge in [0.15, 0.2) is 0 Å². The highest BCUT2D eigenvalue weighted by Gasteiger charge is 2.29. The van der Waals surface area contributed by atoms with Crippen molar-refractivity contribution in [1.29, 1.82) is 0 Å². The van der Waals surface area contributed by atoms with Crippen LogP contribution in [0.5, 0.6) is 0 Å². The number of hydrogen-bond acceptors (Lipinski definition) is 1. The minimum atomic E-state index is 0.869. The highest BCUT2D eigenvalue weighted by molar-refractivity contribution is 5.21. The van der Waals surface area contributed by atoms with Crippen LogP contribution in [0.2, 0.25) is 0 Å². The summed E-state index contributed by atoms with van der Waals surface area (Å²) < 4.78 is 0. The molecule has 106 valence electrons. The monoisotopic (exact) mass is 259 g/mol. The summed E-state index contributed by atoms with van der Waals surface area (Å²) in [6.07, 6.45) is 6.90. The zero-order chi connectivity index (χ0) is 13.7. The van der Waals surface area contributed by atoms with Crippen molar-refractivity contribution in [3.8, 4) is 0 Å². The lowest BCUT2D eigenvalue weighted by molar-refractivity contribution is 0.173. The third-order valence-corrected chi connectivity index (χ3v) is 4.91. The Labute approximate surface area is 118 Å². The van der Waals surface area contributed by atoms with Crippen LogP contribution in [0, 0.1) is 24.7 Å². The Hall–Kier alpha value is -0.820. The summed E-state index contributed by atoms with van der Waals surface area (Å²) in [4.78, 5) is 0. The average Bonchev–Trinajstić information content (AvgIpc) is 2.43. The summed E-state index contributed by atoms with van der Waals surface area (Å²) in [7, 11) is 2.09. The Kier molecular flexibility index (Phi) is 5.45. The van der Waals surface area contributed by atoms with Crippen molar-refractivity contribution in [3.63, 3.8) is 0 Å². The highest BCUT2D eigenvalue weighted by atomic mass is 14.8. The summed E-state index contributed by atoms with van der Waals surface area (Å²) >= 11 is 0. The molecule has 1 saturated carbocycles. The SMILES string of the molecule is CCC1CCC(CNC)C(Cc2ccc(C)cc2)C1. The van der Waals surface area contributed by atoms with Gasteiger partial charge in [-0.1, -0.05) is 49.6 Å². The van der Waals surface area contributed by atoms with Crippen molar-refractivity contribution in [2.45, 2.75) is 46.0 Å². The Morgan fingerprint density at radius 3 is 2.47 bits per heavy atom. The maximum atomic E-state index is 3.40. The Bertz CT molecular complexity index is 368. The lowest BCUT2D eigenvalue weighted by atomic mass is 9.71. The van der Waals surface area contributed by atoms with Crippen LogP contribution >= 0.6 is 0 Å². The van der Waals surface area contributed by atoms with Gasteiger partial charge in [0, 0.05) is 0 Å². The third kappa shape index (κ3) is 4.07. The summed E-state index contributed by atoms with van der Waals surface area (Å²) in [6.45, 7) is 5.71. The van der Waals surface area contributed by atoms with Gasteiger partial charge in [-0.25, -0.2) is 0 Å². The van der Waals surface area contributed by atoms with Gasteiger partial charge in [-0.05, 0) is 63.1 Å². The molecule has 3 atom stereocenters. The zero-order valence-electron chi connectivity index (χ0n) is 12.8. The van der Waals surface area contributed by atoms with E-state index in [0.29, 0.717) is 0 Å². The number of rotatable bonds is 5. The van der Waals surface area contributed by atoms with Gasteiger partial charge in [-0.15, -0.1) is 0 Å². The molecule has 0 radical (unpaired) electrons. The maximum absolute atomic E-state index is 3.40. The molecule has 0 saturated heterocycles. The molecule has 0 heterocycles. The van der Waals surface area contributed by atoms with Crippen LogP contribution in [0.15, 0.2) is 24.3 Å². The van der Waals surface area contributed by atoms with E-state index in [-0.39, 0.29) is 0 Å². The second kappa shape index (κ2) is 7.09. The molecule has 0 aromatic heterocycles. The van der Waals surface area contributed by atoms with E-state index in [1.807, 2.05) is 0 Å². The van der Waals surface area contributed by atoms with Gasteiger partial charge in [0.25, 0.3) is 0 Å². The molecule has 1 fully saturated rings. The van der Waals surface area contributed by atoms with Crippen molar-refractivity contribution < 1.29 is 0 Å². The molecule has 1 aromatic carbocycles. The van der Waals surface area contributed by atoms with E-state index in [1.54, 1.807) is 0 Å². The standard InChI is InChI=1S/C18H29N/c1-4-15-9-10-17(13-19-3)18(11-15)12-16-7-5-14(2)6-8-16/h5-8,15,17-19H,4,9-13H2,1-3H3. The minimum absolute atomic E-state index is 0.869. The second-order valence-corrected chi connectivity index (χ2v) is 6.35. The molecule has 0 bridgehead atoms. The molecule has 1 N–H and O–H groups in total. The number of hydrogen-bond donors (Lipinski definition) is 1. The molecule has 3 unspecified atom stereocenters. The first-order valence-electron chi connectivity index (χ1n) is 7.93. The molecule has 19 heavy (non-hydrogen) atoms. The fraction of sp³-hybridized carbons (Fsp3) is 0.667. The van der Waals surface area contributed by atoms with E-state index in [9.17, 15) is 0 Å². The normalized spacial score (nSPS) is 27.4. The van der Waals surface area contributed by atoms with Gasteiger partial charge in [-0.2, -0.15) is 0 Å². The van der Waals surface area contributed by atoms with Crippen LogP contribution in [-0.2, 0) is 6.42 Å². The van der Waals surface area contributed by atoms with Gasteiger partial charge in [-0.3, -0.25) is 0 Å². The molecule has 0 aliphatic heterocycles. The molecule has 0 spiro atoms. The fourth-order valence-electron chi connectivity index (χ4n) is 3.60. The molecule has 2 rings (SSSR count). The van der Waals surface area contributed by atoms with Crippen LogP contribution in [0.1, 0.15) is 43.7 Å². The second-order valence-electron chi connectivity index (χ2n) is 6.35. The molecule has 0 amide bonds. The molecular formula is C18H29N. The Balaban J connectivity index is 2.02. The maximum Gasteiger partial charge on any atom is -0.00208 e. The summed E-state index contributed by atoms with van der Waals surface area (Å²) in [5.41, 5.74) is 2.89. The van der Waals surface area contributed by atoms with Crippen molar-refractivity contribution >= 4 is 0 Å². The zero-order valence-corrected chi connectivity index (χ0v) is 12.8. The first-order chi connectivity index (χ1) is 9.22. The van der Waals surface area contributed by atoms with Gasteiger partial charge in [0.2, 0.25) is 0 Å². The van der Waals surface area contributed by atoms with Crippen LogP contribution in [-0.4, -0.2) is 13.6 Å². The average molecular weight is 259 g/mol. The minimum Gasteiger partial charge on any atom is -0.319 e. The molecule has 1 aromatic rings. The highest BCUT2D eigenvalue weighted by Crippen LogP contribution is 2.37.